The van der Waals surface area contributed by atoms with Crippen molar-refractivity contribution in [2.24, 2.45) is 5.73 Å². The molecular formula is C51H105N5O7. The van der Waals surface area contributed by atoms with Gasteiger partial charge in [-0.3, -0.25) is 4.79 Å². The van der Waals surface area contributed by atoms with Crippen LogP contribution in [0.3, 0.4) is 0 Å². The SMILES string of the molecule is CCCCCCCCCCCCCCCCCCN(CCCCCCCCCCCCCCCO[C@@H]1O[C@H](CO)[C@H](O)[C@H](O)[C@H]1O)C(=O)CNCCCNCCCCNCCCN. The van der Waals surface area contributed by atoms with Crippen LogP contribution in [0.2, 0.25) is 0 Å². The van der Waals surface area contributed by atoms with Gasteiger partial charge in [-0.15, -0.1) is 0 Å². The highest BCUT2D eigenvalue weighted by Gasteiger charge is 2.43. The van der Waals surface area contributed by atoms with E-state index in [0.717, 1.165) is 97.3 Å². The number of aliphatic hydroxyl groups excluding tert-OH is 4. The maximum absolute atomic E-state index is 13.3. The van der Waals surface area contributed by atoms with Gasteiger partial charge in [-0.25, -0.2) is 0 Å². The standard InChI is InChI=1S/C51H105N5O7/c1-2-3-4-5-6-7-8-9-10-11-13-16-19-22-25-30-41-56(47(58)44-55-40-34-39-54-37-29-28-36-53-38-33-35-52)42-31-26-23-20-17-14-12-15-18-21-24-27-32-43-62-51-50(61)49(60)48(59)46(45-57)63-51/h46,48-51,53-55,57,59-61H,2-45,52H2,1H3/t46-,48+,49+,50-,51-/m1/s1. The predicted octanol–water partition coefficient (Wildman–Crippen LogP) is 8.25. The average Bonchev–Trinajstić information content (AvgIpc) is 3.29. The average molecular weight is 900 g/mol. The number of carbonyl (C=O) groups is 1. The van der Waals surface area contributed by atoms with Crippen LogP contribution in [0.25, 0.3) is 0 Å². The molecule has 0 aromatic rings. The molecule has 0 unspecified atom stereocenters. The first-order valence-corrected chi connectivity index (χ1v) is 27.0. The van der Waals surface area contributed by atoms with Crippen molar-refractivity contribution in [3.05, 3.63) is 0 Å². The molecule has 1 aliphatic rings. The molecule has 9 N–H and O–H groups in total. The van der Waals surface area contributed by atoms with E-state index < -0.39 is 37.3 Å². The molecule has 0 spiro atoms. The number of ether oxygens (including phenoxy) is 2. The Bertz CT molecular complexity index is 954. The molecule has 0 aromatic heterocycles. The van der Waals surface area contributed by atoms with Crippen LogP contribution in [-0.2, 0) is 14.3 Å². The highest BCUT2D eigenvalue weighted by Crippen LogP contribution is 2.22. The zero-order chi connectivity index (χ0) is 45.7. The fourth-order valence-electron chi connectivity index (χ4n) is 8.59. The highest BCUT2D eigenvalue weighted by molar-refractivity contribution is 5.78. The van der Waals surface area contributed by atoms with Crippen molar-refractivity contribution in [3.8, 4) is 0 Å². The van der Waals surface area contributed by atoms with Gasteiger partial charge < -0.3 is 56.5 Å². The van der Waals surface area contributed by atoms with Gasteiger partial charge in [0.1, 0.15) is 24.4 Å². The Balaban J connectivity index is 2.14. The zero-order valence-corrected chi connectivity index (χ0v) is 41.0. The minimum absolute atomic E-state index is 0.271. The number of carbonyl (C=O) groups excluding carboxylic acids is 1. The van der Waals surface area contributed by atoms with Crippen LogP contribution >= 0.6 is 0 Å². The monoisotopic (exact) mass is 900 g/mol. The van der Waals surface area contributed by atoms with Gasteiger partial charge in [0.05, 0.1) is 13.2 Å². The molecule has 1 heterocycles. The zero-order valence-electron chi connectivity index (χ0n) is 41.0. The molecule has 0 radical (unpaired) electrons. The maximum Gasteiger partial charge on any atom is 0.236 e. The second-order valence-electron chi connectivity index (χ2n) is 18.7. The smallest absolute Gasteiger partial charge is 0.236 e. The number of hydrogen-bond donors (Lipinski definition) is 8. The summed E-state index contributed by atoms with van der Waals surface area (Å²) in [6.07, 6.45) is 35.7. The third-order valence-corrected chi connectivity index (χ3v) is 12.8. The number of amides is 1. The van der Waals surface area contributed by atoms with Crippen molar-refractivity contribution in [1.29, 1.82) is 0 Å². The predicted molar refractivity (Wildman–Crippen MR) is 262 cm³/mol. The molecule has 12 heteroatoms. The Morgan fingerprint density at radius 3 is 1.35 bits per heavy atom. The molecule has 12 nitrogen and oxygen atoms in total. The van der Waals surface area contributed by atoms with E-state index in [-0.39, 0.29) is 5.91 Å². The summed E-state index contributed by atoms with van der Waals surface area (Å²) < 4.78 is 11.0. The van der Waals surface area contributed by atoms with Crippen LogP contribution in [0, 0.1) is 0 Å². The minimum atomic E-state index is -1.39. The Morgan fingerprint density at radius 2 is 0.905 bits per heavy atom. The minimum Gasteiger partial charge on any atom is -0.394 e. The number of nitrogens with zero attached hydrogens (tertiary/aromatic N) is 1. The lowest BCUT2D eigenvalue weighted by Crippen LogP contribution is -2.59. The molecule has 1 rings (SSSR count). The molecule has 0 aliphatic carbocycles. The first kappa shape index (κ1) is 60.1. The topological polar surface area (TPSA) is 182 Å². The molecule has 376 valence electrons. The van der Waals surface area contributed by atoms with E-state index in [9.17, 15) is 25.2 Å². The van der Waals surface area contributed by atoms with E-state index in [1.165, 1.54) is 167 Å². The number of rotatable bonds is 49. The van der Waals surface area contributed by atoms with E-state index >= 15 is 0 Å². The van der Waals surface area contributed by atoms with Crippen LogP contribution in [0.1, 0.15) is 219 Å². The lowest BCUT2D eigenvalue weighted by Gasteiger charge is -2.39. The fraction of sp³-hybridized carbons (Fsp3) is 0.980. The van der Waals surface area contributed by atoms with Gasteiger partial charge in [0.2, 0.25) is 5.91 Å². The van der Waals surface area contributed by atoms with Crippen molar-refractivity contribution in [2.45, 2.75) is 250 Å². The van der Waals surface area contributed by atoms with Gasteiger partial charge in [0, 0.05) is 19.7 Å². The number of hydrogen-bond acceptors (Lipinski definition) is 11. The van der Waals surface area contributed by atoms with E-state index in [0.29, 0.717) is 13.2 Å². The maximum atomic E-state index is 13.3. The molecule has 5 atom stereocenters. The second-order valence-corrected chi connectivity index (χ2v) is 18.7. The molecule has 1 amide bonds. The number of nitrogens with one attached hydrogen (secondary N) is 3. The number of nitrogens with two attached hydrogens (primary N) is 1. The van der Waals surface area contributed by atoms with Crippen LogP contribution in [-0.4, -0.2) is 134 Å². The van der Waals surface area contributed by atoms with E-state index in [4.69, 9.17) is 15.2 Å². The molecule has 1 aliphatic heterocycles. The Labute approximate surface area is 387 Å². The summed E-state index contributed by atoms with van der Waals surface area (Å²) in [4.78, 5) is 15.5. The van der Waals surface area contributed by atoms with Crippen LogP contribution in [0.4, 0.5) is 0 Å². The van der Waals surface area contributed by atoms with Crippen molar-refractivity contribution in [1.82, 2.24) is 20.9 Å². The normalized spacial score (nSPS) is 19.0. The summed E-state index contributed by atoms with van der Waals surface area (Å²) in [6.45, 7) is 10.2. The van der Waals surface area contributed by atoms with Gasteiger partial charge in [-0.2, -0.15) is 0 Å². The van der Waals surface area contributed by atoms with E-state index in [1.54, 1.807) is 0 Å². The summed E-state index contributed by atoms with van der Waals surface area (Å²) in [6, 6.07) is 0. The lowest BCUT2D eigenvalue weighted by atomic mass is 9.99. The molecule has 1 fully saturated rings. The molecular weight excluding hydrogens is 795 g/mol. The molecule has 63 heavy (non-hydrogen) atoms. The summed E-state index contributed by atoms with van der Waals surface area (Å²) in [5.41, 5.74) is 5.55. The molecule has 0 aromatic carbocycles. The second kappa shape index (κ2) is 46.2. The van der Waals surface area contributed by atoms with Gasteiger partial charge in [-0.05, 0) is 84.2 Å². The quantitative estimate of drug-likeness (QED) is 0.0276. The third kappa shape index (κ3) is 35.9. The fourth-order valence-corrected chi connectivity index (χ4v) is 8.59. The molecule has 0 saturated carbocycles. The largest absolute Gasteiger partial charge is 0.394 e. The van der Waals surface area contributed by atoms with Crippen LogP contribution in [0.5, 0.6) is 0 Å². The van der Waals surface area contributed by atoms with Crippen LogP contribution < -0.4 is 21.7 Å². The molecule has 0 bridgehead atoms. The Morgan fingerprint density at radius 1 is 0.508 bits per heavy atom. The number of unbranched alkanes of at least 4 members (excludes halogenated alkanes) is 28. The van der Waals surface area contributed by atoms with Gasteiger partial charge in [-0.1, -0.05) is 174 Å². The third-order valence-electron chi connectivity index (χ3n) is 12.8. The summed E-state index contributed by atoms with van der Waals surface area (Å²) in [5, 5.41) is 49.6. The molecule has 1 saturated heterocycles. The summed E-state index contributed by atoms with van der Waals surface area (Å²) >= 11 is 0. The highest BCUT2D eigenvalue weighted by atomic mass is 16.7. The Hall–Kier alpha value is -0.930. The van der Waals surface area contributed by atoms with Crippen molar-refractivity contribution < 1.29 is 34.7 Å². The van der Waals surface area contributed by atoms with E-state index in [1.807, 2.05) is 0 Å². The number of aliphatic hydroxyl groups is 4. The Kier molecular flexibility index (Phi) is 44.1. The van der Waals surface area contributed by atoms with Crippen molar-refractivity contribution in [2.75, 3.05) is 72.1 Å². The lowest BCUT2D eigenvalue weighted by molar-refractivity contribution is -0.301. The summed E-state index contributed by atoms with van der Waals surface area (Å²) in [5.74, 6) is 0.271. The summed E-state index contributed by atoms with van der Waals surface area (Å²) in [7, 11) is 0. The van der Waals surface area contributed by atoms with Gasteiger partial charge >= 0.3 is 0 Å². The van der Waals surface area contributed by atoms with Gasteiger partial charge in [0.25, 0.3) is 0 Å². The first-order valence-electron chi connectivity index (χ1n) is 27.0. The first-order chi connectivity index (χ1) is 31.0. The van der Waals surface area contributed by atoms with Crippen molar-refractivity contribution >= 4 is 5.91 Å². The van der Waals surface area contributed by atoms with Crippen molar-refractivity contribution in [3.63, 3.8) is 0 Å². The van der Waals surface area contributed by atoms with Crippen LogP contribution in [0.15, 0.2) is 0 Å². The van der Waals surface area contributed by atoms with Gasteiger partial charge in [0.15, 0.2) is 6.29 Å². The van der Waals surface area contributed by atoms with E-state index in [2.05, 4.69) is 27.8 Å².